The Bertz CT molecular complexity index is 567. The lowest BCUT2D eigenvalue weighted by molar-refractivity contribution is 0.168. The number of carbonyl (C=O) groups excluding carboxylic acids is 1. The average Bonchev–Trinajstić information content (AvgIpc) is 2.61. The van der Waals surface area contributed by atoms with Gasteiger partial charge >= 0.3 is 6.09 Å². The van der Waals surface area contributed by atoms with Crippen LogP contribution in [-0.2, 0) is 4.74 Å². The van der Waals surface area contributed by atoms with Gasteiger partial charge in [-0.05, 0) is 13.0 Å². The molecule has 1 heterocycles. The van der Waals surface area contributed by atoms with Crippen molar-refractivity contribution < 1.29 is 18.4 Å². The van der Waals surface area contributed by atoms with Crippen LogP contribution in [0.4, 0.5) is 20.7 Å². The summed E-state index contributed by atoms with van der Waals surface area (Å²) in [7, 11) is 0. The zero-order chi connectivity index (χ0) is 12.4. The van der Waals surface area contributed by atoms with Crippen molar-refractivity contribution in [3.8, 4) is 0 Å². The second kappa shape index (κ2) is 4.28. The van der Waals surface area contributed by atoms with E-state index in [1.54, 1.807) is 6.92 Å². The van der Waals surface area contributed by atoms with E-state index in [4.69, 9.17) is 10.3 Å². The molecule has 0 spiro atoms. The minimum Gasteiger partial charge on any atom is -0.450 e. The van der Waals surface area contributed by atoms with Gasteiger partial charge in [-0.25, -0.2) is 9.18 Å². The minimum absolute atomic E-state index is 0.0362. The third-order valence-electron chi connectivity index (χ3n) is 2.10. The molecule has 0 radical (unpaired) electrons. The number of nitrogen functional groups attached to an aromatic ring is 1. The molecule has 1 amide bonds. The number of nitrogens with zero attached hydrogens (tertiary/aromatic N) is 1. The molecular weight excluding hydrogens is 229 g/mol. The van der Waals surface area contributed by atoms with Crippen molar-refractivity contribution in [2.45, 2.75) is 6.92 Å². The van der Waals surface area contributed by atoms with Gasteiger partial charge in [-0.1, -0.05) is 5.16 Å². The van der Waals surface area contributed by atoms with Crippen LogP contribution in [0.25, 0.3) is 11.0 Å². The van der Waals surface area contributed by atoms with Gasteiger partial charge in [0.25, 0.3) is 0 Å². The Morgan fingerprint density at radius 3 is 3.12 bits per heavy atom. The highest BCUT2D eigenvalue weighted by atomic mass is 19.1. The monoisotopic (exact) mass is 239 g/mol. The maximum Gasteiger partial charge on any atom is 0.411 e. The highest BCUT2D eigenvalue weighted by Gasteiger charge is 2.13. The summed E-state index contributed by atoms with van der Waals surface area (Å²) in [5, 5.41) is 6.17. The van der Waals surface area contributed by atoms with Crippen LogP contribution in [0, 0.1) is 5.82 Å². The number of fused-ring (bicyclic) bond motifs is 1. The number of amides is 1. The zero-order valence-corrected chi connectivity index (χ0v) is 8.99. The third-order valence-corrected chi connectivity index (χ3v) is 2.10. The average molecular weight is 239 g/mol. The number of nitrogens with one attached hydrogen (secondary N) is 1. The lowest BCUT2D eigenvalue weighted by atomic mass is 10.2. The molecule has 0 atom stereocenters. The molecule has 7 heteroatoms. The first-order valence-corrected chi connectivity index (χ1v) is 4.90. The SMILES string of the molecule is CCOC(=O)Nc1cc2c(N)noc2cc1F. The van der Waals surface area contributed by atoms with Gasteiger partial charge in [-0.15, -0.1) is 0 Å². The molecule has 0 aliphatic rings. The smallest absolute Gasteiger partial charge is 0.411 e. The van der Waals surface area contributed by atoms with E-state index in [0.29, 0.717) is 5.39 Å². The van der Waals surface area contributed by atoms with E-state index >= 15 is 0 Å². The molecule has 6 nitrogen and oxygen atoms in total. The van der Waals surface area contributed by atoms with Crippen molar-refractivity contribution in [3.63, 3.8) is 0 Å². The first-order valence-electron chi connectivity index (χ1n) is 4.90. The van der Waals surface area contributed by atoms with Crippen LogP contribution in [0.3, 0.4) is 0 Å². The highest BCUT2D eigenvalue weighted by molar-refractivity contribution is 5.93. The maximum atomic E-state index is 13.5. The van der Waals surface area contributed by atoms with E-state index in [0.717, 1.165) is 6.07 Å². The fourth-order valence-corrected chi connectivity index (χ4v) is 1.35. The van der Waals surface area contributed by atoms with Gasteiger partial charge in [0, 0.05) is 6.07 Å². The molecule has 2 rings (SSSR count). The molecule has 0 saturated heterocycles. The Morgan fingerprint density at radius 1 is 1.65 bits per heavy atom. The molecule has 0 fully saturated rings. The molecule has 0 unspecified atom stereocenters. The number of carbonyl (C=O) groups is 1. The lowest BCUT2D eigenvalue weighted by Gasteiger charge is -2.05. The van der Waals surface area contributed by atoms with E-state index in [1.165, 1.54) is 6.07 Å². The zero-order valence-electron chi connectivity index (χ0n) is 8.99. The van der Waals surface area contributed by atoms with E-state index in [-0.39, 0.29) is 23.7 Å². The molecule has 3 N–H and O–H groups in total. The summed E-state index contributed by atoms with van der Waals surface area (Å²) in [5.41, 5.74) is 5.69. The van der Waals surface area contributed by atoms with E-state index in [2.05, 4.69) is 15.2 Å². The molecule has 17 heavy (non-hydrogen) atoms. The molecule has 0 saturated carbocycles. The molecular formula is C10H10FN3O3. The lowest BCUT2D eigenvalue weighted by Crippen LogP contribution is -2.14. The standard InChI is InChI=1S/C10H10FN3O3/c1-2-16-10(15)13-7-3-5-8(4-6(7)11)17-14-9(5)12/h3-4H,2H2,1H3,(H2,12,14)(H,13,15). The topological polar surface area (TPSA) is 90.4 Å². The predicted octanol–water partition coefficient (Wildman–Crippen LogP) is 2.12. The number of nitrogens with two attached hydrogens (primary N) is 1. The fraction of sp³-hybridized carbons (Fsp3) is 0.200. The Balaban J connectivity index is 2.36. The van der Waals surface area contributed by atoms with Gasteiger partial charge in [0.05, 0.1) is 17.7 Å². The predicted molar refractivity (Wildman–Crippen MR) is 59.0 cm³/mol. The summed E-state index contributed by atoms with van der Waals surface area (Å²) in [6.07, 6.45) is -0.735. The van der Waals surface area contributed by atoms with Crippen molar-refractivity contribution in [2.24, 2.45) is 0 Å². The van der Waals surface area contributed by atoms with Crippen LogP contribution in [0.5, 0.6) is 0 Å². The summed E-state index contributed by atoms with van der Waals surface area (Å²) in [6, 6.07) is 2.44. The minimum atomic E-state index is -0.735. The summed E-state index contributed by atoms with van der Waals surface area (Å²) in [5.74, 6) is -0.520. The van der Waals surface area contributed by atoms with Gasteiger partial charge in [0.1, 0.15) is 0 Å². The van der Waals surface area contributed by atoms with Crippen LogP contribution >= 0.6 is 0 Å². The summed E-state index contributed by atoms with van der Waals surface area (Å²) in [4.78, 5) is 11.2. The van der Waals surface area contributed by atoms with Gasteiger partial charge in [0.15, 0.2) is 17.2 Å². The number of aromatic nitrogens is 1. The number of halogens is 1. The quantitative estimate of drug-likeness (QED) is 0.837. The van der Waals surface area contributed by atoms with Gasteiger partial charge in [-0.2, -0.15) is 0 Å². The van der Waals surface area contributed by atoms with Crippen molar-refractivity contribution >= 4 is 28.6 Å². The van der Waals surface area contributed by atoms with Crippen LogP contribution < -0.4 is 11.1 Å². The largest absolute Gasteiger partial charge is 0.450 e. The maximum absolute atomic E-state index is 13.5. The van der Waals surface area contributed by atoms with E-state index in [9.17, 15) is 9.18 Å². The number of rotatable bonds is 2. The Morgan fingerprint density at radius 2 is 2.41 bits per heavy atom. The molecule has 1 aromatic heterocycles. The van der Waals surface area contributed by atoms with Crippen LogP contribution in [-0.4, -0.2) is 17.9 Å². The number of hydrogen-bond acceptors (Lipinski definition) is 5. The van der Waals surface area contributed by atoms with Crippen molar-refractivity contribution in [3.05, 3.63) is 17.9 Å². The Labute approximate surface area is 95.5 Å². The number of anilines is 2. The molecule has 0 aliphatic carbocycles. The van der Waals surface area contributed by atoms with Gasteiger partial charge in [-0.3, -0.25) is 5.32 Å². The number of benzene rings is 1. The summed E-state index contributed by atoms with van der Waals surface area (Å²) < 4.78 is 22.9. The van der Waals surface area contributed by atoms with Gasteiger partial charge < -0.3 is 15.0 Å². The van der Waals surface area contributed by atoms with Crippen molar-refractivity contribution in [2.75, 3.05) is 17.7 Å². The normalized spacial score (nSPS) is 10.5. The second-order valence-corrected chi connectivity index (χ2v) is 3.24. The van der Waals surface area contributed by atoms with Crippen LogP contribution in [0.1, 0.15) is 6.92 Å². The van der Waals surface area contributed by atoms with E-state index in [1.807, 2.05) is 0 Å². The molecule has 0 bridgehead atoms. The van der Waals surface area contributed by atoms with Crippen molar-refractivity contribution in [1.29, 1.82) is 0 Å². The fourth-order valence-electron chi connectivity index (χ4n) is 1.35. The third kappa shape index (κ3) is 2.12. The van der Waals surface area contributed by atoms with Crippen LogP contribution in [0.15, 0.2) is 16.7 Å². The highest BCUT2D eigenvalue weighted by Crippen LogP contribution is 2.26. The molecule has 1 aromatic carbocycles. The first kappa shape index (κ1) is 11.2. The van der Waals surface area contributed by atoms with Crippen molar-refractivity contribution in [1.82, 2.24) is 5.16 Å². The molecule has 90 valence electrons. The number of hydrogen-bond donors (Lipinski definition) is 2. The Hall–Kier alpha value is -2.31. The summed E-state index contributed by atoms with van der Waals surface area (Å²) in [6.45, 7) is 1.85. The van der Waals surface area contributed by atoms with E-state index < -0.39 is 11.9 Å². The number of ether oxygens (including phenoxy) is 1. The Kier molecular flexibility index (Phi) is 2.82. The molecule has 0 aliphatic heterocycles. The second-order valence-electron chi connectivity index (χ2n) is 3.24. The molecule has 2 aromatic rings. The van der Waals surface area contributed by atoms with Gasteiger partial charge in [0.2, 0.25) is 0 Å². The van der Waals surface area contributed by atoms with Crippen LogP contribution in [0.2, 0.25) is 0 Å². The first-order chi connectivity index (χ1) is 8.11. The summed E-state index contributed by atoms with van der Waals surface area (Å²) >= 11 is 0.